The molecule has 0 aliphatic carbocycles. The zero-order valence-electron chi connectivity index (χ0n) is 9.49. The highest BCUT2D eigenvalue weighted by molar-refractivity contribution is 7.98. The molecule has 0 aliphatic rings. The Morgan fingerprint density at radius 1 is 1.31 bits per heavy atom. The second-order valence-electron chi connectivity index (χ2n) is 3.77. The van der Waals surface area contributed by atoms with Crippen LogP contribution >= 0.6 is 11.8 Å². The van der Waals surface area contributed by atoms with E-state index < -0.39 is 5.97 Å². The van der Waals surface area contributed by atoms with Crippen LogP contribution in [0.2, 0.25) is 0 Å². The molecule has 1 aromatic rings. The lowest BCUT2D eigenvalue weighted by Gasteiger charge is -2.07. The third-order valence-electron chi connectivity index (χ3n) is 2.28. The number of aliphatic carboxylic acids is 1. The summed E-state index contributed by atoms with van der Waals surface area (Å²) in [4.78, 5) is 10.3. The average molecular weight is 240 g/mol. The minimum atomic E-state index is -0.759. The van der Waals surface area contributed by atoms with Gasteiger partial charge in [-0.2, -0.15) is 11.8 Å². The number of phenolic OH excluding ortho intramolecular Hbond substituents is 1. The molecule has 0 saturated carbocycles. The molecule has 0 saturated heterocycles. The molecule has 0 radical (unpaired) electrons. The van der Waals surface area contributed by atoms with Crippen molar-refractivity contribution in [2.24, 2.45) is 0 Å². The van der Waals surface area contributed by atoms with Gasteiger partial charge in [0.25, 0.3) is 0 Å². The fraction of sp³-hybridized carbons (Fsp3) is 0.417. The first kappa shape index (κ1) is 12.9. The molecule has 0 atom stereocenters. The van der Waals surface area contributed by atoms with Gasteiger partial charge in [0, 0.05) is 11.5 Å². The predicted molar refractivity (Wildman–Crippen MR) is 66.0 cm³/mol. The second kappa shape index (κ2) is 5.80. The molecule has 0 amide bonds. The zero-order chi connectivity index (χ0) is 12.1. The van der Waals surface area contributed by atoms with Gasteiger partial charge in [0.15, 0.2) is 0 Å². The summed E-state index contributed by atoms with van der Waals surface area (Å²) in [6.07, 6.45) is 0.195. The maximum absolute atomic E-state index is 10.3. The standard InChI is InChI=1S/C12H16O3S/c1-8-5-10(6-9(2)12(8)15)7-16-4-3-11(13)14/h5-6,15H,3-4,7H2,1-2H3,(H,13,14). The van der Waals surface area contributed by atoms with Gasteiger partial charge in [-0.1, -0.05) is 12.1 Å². The molecule has 3 nitrogen and oxygen atoms in total. The first-order valence-corrected chi connectivity index (χ1v) is 6.25. The summed E-state index contributed by atoms with van der Waals surface area (Å²) in [7, 11) is 0. The van der Waals surface area contributed by atoms with Crippen LogP contribution in [0.4, 0.5) is 0 Å². The van der Waals surface area contributed by atoms with Crippen LogP contribution < -0.4 is 0 Å². The van der Waals surface area contributed by atoms with Crippen molar-refractivity contribution in [1.29, 1.82) is 0 Å². The molecular weight excluding hydrogens is 224 g/mol. The molecule has 0 fully saturated rings. The summed E-state index contributed by atoms with van der Waals surface area (Å²) in [5, 5.41) is 18.1. The average Bonchev–Trinajstić information content (AvgIpc) is 2.20. The fourth-order valence-corrected chi connectivity index (χ4v) is 2.34. The predicted octanol–water partition coefficient (Wildman–Crippen LogP) is 2.72. The number of phenols is 1. The lowest BCUT2D eigenvalue weighted by atomic mass is 10.1. The van der Waals surface area contributed by atoms with E-state index in [0.717, 1.165) is 22.4 Å². The number of thioether (sulfide) groups is 1. The Hall–Kier alpha value is -1.16. The van der Waals surface area contributed by atoms with E-state index >= 15 is 0 Å². The number of hydrogen-bond acceptors (Lipinski definition) is 3. The Bertz CT molecular complexity index is 365. The quantitative estimate of drug-likeness (QED) is 0.777. The van der Waals surface area contributed by atoms with E-state index in [-0.39, 0.29) is 6.42 Å². The molecule has 16 heavy (non-hydrogen) atoms. The van der Waals surface area contributed by atoms with Gasteiger partial charge in [-0.25, -0.2) is 0 Å². The van der Waals surface area contributed by atoms with Crippen LogP contribution in [-0.2, 0) is 10.5 Å². The molecule has 0 bridgehead atoms. The van der Waals surface area contributed by atoms with Crippen LogP contribution in [0, 0.1) is 13.8 Å². The first-order chi connectivity index (χ1) is 7.50. The van der Waals surface area contributed by atoms with Crippen LogP contribution in [-0.4, -0.2) is 21.9 Å². The lowest BCUT2D eigenvalue weighted by Crippen LogP contribution is -1.96. The van der Waals surface area contributed by atoms with Gasteiger partial charge >= 0.3 is 5.97 Å². The van der Waals surface area contributed by atoms with Gasteiger partial charge in [-0.05, 0) is 30.5 Å². The number of carbonyl (C=O) groups is 1. The first-order valence-electron chi connectivity index (χ1n) is 5.09. The maximum atomic E-state index is 10.3. The fourth-order valence-electron chi connectivity index (χ4n) is 1.48. The van der Waals surface area contributed by atoms with Crippen LogP contribution in [0.3, 0.4) is 0 Å². The van der Waals surface area contributed by atoms with E-state index in [1.165, 1.54) is 0 Å². The van der Waals surface area contributed by atoms with Crippen LogP contribution in [0.1, 0.15) is 23.1 Å². The molecule has 0 spiro atoms. The van der Waals surface area contributed by atoms with Crippen LogP contribution in [0.25, 0.3) is 0 Å². The zero-order valence-corrected chi connectivity index (χ0v) is 10.3. The molecular formula is C12H16O3S. The molecule has 4 heteroatoms. The number of benzene rings is 1. The molecule has 0 heterocycles. The number of carboxylic acid groups (broad SMARTS) is 1. The molecule has 88 valence electrons. The highest BCUT2D eigenvalue weighted by atomic mass is 32.2. The Kier molecular flexibility index (Phi) is 4.68. The Labute approximate surface area is 99.5 Å². The van der Waals surface area contributed by atoms with E-state index in [0.29, 0.717) is 11.5 Å². The van der Waals surface area contributed by atoms with E-state index in [1.807, 2.05) is 26.0 Å². The summed E-state index contributed by atoms with van der Waals surface area (Å²) < 4.78 is 0. The third kappa shape index (κ3) is 3.77. The Morgan fingerprint density at radius 2 is 1.88 bits per heavy atom. The minimum Gasteiger partial charge on any atom is -0.507 e. The largest absolute Gasteiger partial charge is 0.507 e. The van der Waals surface area contributed by atoms with E-state index in [4.69, 9.17) is 5.11 Å². The van der Waals surface area contributed by atoms with Crippen molar-refractivity contribution in [3.8, 4) is 5.75 Å². The summed E-state index contributed by atoms with van der Waals surface area (Å²) in [5.74, 6) is 0.994. The topological polar surface area (TPSA) is 57.5 Å². The molecule has 0 unspecified atom stereocenters. The van der Waals surface area contributed by atoms with Crippen molar-refractivity contribution in [2.75, 3.05) is 5.75 Å². The number of aromatic hydroxyl groups is 1. The highest BCUT2D eigenvalue weighted by Crippen LogP contribution is 2.25. The summed E-state index contributed by atoms with van der Waals surface area (Å²) in [5.41, 5.74) is 2.87. The molecule has 1 rings (SSSR count). The van der Waals surface area contributed by atoms with Gasteiger partial charge in [0.1, 0.15) is 5.75 Å². The Balaban J connectivity index is 2.52. The molecule has 1 aromatic carbocycles. The van der Waals surface area contributed by atoms with Crippen LogP contribution in [0.5, 0.6) is 5.75 Å². The van der Waals surface area contributed by atoms with E-state index in [2.05, 4.69) is 0 Å². The number of carboxylic acids is 1. The van der Waals surface area contributed by atoms with Gasteiger partial charge < -0.3 is 10.2 Å². The Morgan fingerprint density at radius 3 is 2.38 bits per heavy atom. The van der Waals surface area contributed by atoms with Crippen molar-refractivity contribution >= 4 is 17.7 Å². The van der Waals surface area contributed by atoms with Crippen molar-refractivity contribution in [3.63, 3.8) is 0 Å². The van der Waals surface area contributed by atoms with Gasteiger partial charge in [0.05, 0.1) is 6.42 Å². The maximum Gasteiger partial charge on any atom is 0.304 e. The highest BCUT2D eigenvalue weighted by Gasteiger charge is 2.04. The van der Waals surface area contributed by atoms with Gasteiger partial charge in [-0.3, -0.25) is 4.79 Å². The summed E-state index contributed by atoms with van der Waals surface area (Å²) >= 11 is 1.60. The lowest BCUT2D eigenvalue weighted by molar-refractivity contribution is -0.136. The minimum absolute atomic E-state index is 0.195. The summed E-state index contributed by atoms with van der Waals surface area (Å²) in [6.45, 7) is 3.74. The number of aryl methyl sites for hydroxylation is 2. The third-order valence-corrected chi connectivity index (χ3v) is 3.31. The monoisotopic (exact) mass is 240 g/mol. The molecule has 2 N–H and O–H groups in total. The van der Waals surface area contributed by atoms with Crippen LogP contribution in [0.15, 0.2) is 12.1 Å². The van der Waals surface area contributed by atoms with E-state index in [9.17, 15) is 9.90 Å². The number of hydrogen-bond donors (Lipinski definition) is 2. The van der Waals surface area contributed by atoms with Crippen molar-refractivity contribution in [1.82, 2.24) is 0 Å². The molecule has 0 aliphatic heterocycles. The smallest absolute Gasteiger partial charge is 0.304 e. The van der Waals surface area contributed by atoms with Gasteiger partial charge in [-0.15, -0.1) is 0 Å². The van der Waals surface area contributed by atoms with Crippen molar-refractivity contribution in [2.45, 2.75) is 26.0 Å². The number of rotatable bonds is 5. The normalized spacial score (nSPS) is 10.4. The second-order valence-corrected chi connectivity index (χ2v) is 4.88. The van der Waals surface area contributed by atoms with Crippen molar-refractivity contribution < 1.29 is 15.0 Å². The SMILES string of the molecule is Cc1cc(CSCCC(=O)O)cc(C)c1O. The van der Waals surface area contributed by atoms with Gasteiger partial charge in [0.2, 0.25) is 0 Å². The van der Waals surface area contributed by atoms with Crippen molar-refractivity contribution in [3.05, 3.63) is 28.8 Å². The van der Waals surface area contributed by atoms with E-state index in [1.54, 1.807) is 11.8 Å². The summed E-state index contributed by atoms with van der Waals surface area (Å²) in [6, 6.07) is 3.88. The molecule has 0 aromatic heterocycles.